The van der Waals surface area contributed by atoms with Crippen LogP contribution in [0.4, 0.5) is 5.82 Å². The zero-order valence-electron chi connectivity index (χ0n) is 14.2. The Hall–Kier alpha value is -2.87. The van der Waals surface area contributed by atoms with E-state index in [1.807, 2.05) is 6.92 Å². The second-order valence-electron chi connectivity index (χ2n) is 5.56. The van der Waals surface area contributed by atoms with Crippen molar-refractivity contribution in [1.82, 2.24) is 19.7 Å². The van der Waals surface area contributed by atoms with Crippen molar-refractivity contribution in [2.24, 2.45) is 0 Å². The number of furan rings is 1. The van der Waals surface area contributed by atoms with E-state index in [9.17, 15) is 9.59 Å². The molecule has 136 valence electrons. The molecule has 2 N–H and O–H groups in total. The Kier molecular flexibility index (Phi) is 5.52. The number of aromatic nitrogens is 4. The Morgan fingerprint density at radius 1 is 1.42 bits per heavy atom. The second kappa shape index (κ2) is 8.01. The minimum atomic E-state index is -0.290. The van der Waals surface area contributed by atoms with Crippen LogP contribution in [0, 0.1) is 0 Å². The number of carbonyl (C=O) groups excluding carboxylic acids is 1. The molecule has 0 fully saturated rings. The van der Waals surface area contributed by atoms with Gasteiger partial charge in [0.05, 0.1) is 6.26 Å². The third-order valence-electron chi connectivity index (χ3n) is 3.63. The molecular formula is C17H18ClN5O3. The van der Waals surface area contributed by atoms with E-state index in [-0.39, 0.29) is 23.8 Å². The monoisotopic (exact) mass is 375 g/mol. The normalized spacial score (nSPS) is 10.8. The number of anilines is 1. The lowest BCUT2D eigenvalue weighted by molar-refractivity contribution is -0.116. The van der Waals surface area contributed by atoms with Crippen molar-refractivity contribution >= 4 is 23.3 Å². The molecular weight excluding hydrogens is 358 g/mol. The highest BCUT2D eigenvalue weighted by molar-refractivity contribution is 6.18. The number of aromatic amines is 1. The summed E-state index contributed by atoms with van der Waals surface area (Å²) >= 11 is 5.64. The van der Waals surface area contributed by atoms with Crippen molar-refractivity contribution in [2.45, 2.75) is 26.2 Å². The number of aryl methyl sites for hydroxylation is 1. The molecule has 9 heteroatoms. The molecule has 8 nitrogen and oxygen atoms in total. The van der Waals surface area contributed by atoms with Crippen LogP contribution in [0.5, 0.6) is 0 Å². The van der Waals surface area contributed by atoms with Crippen molar-refractivity contribution in [1.29, 1.82) is 0 Å². The molecule has 3 aromatic heterocycles. The topological polar surface area (TPSA) is 106 Å². The molecule has 0 spiro atoms. The smallest absolute Gasteiger partial charge is 0.252 e. The number of hydrogen-bond acceptors (Lipinski definition) is 5. The lowest BCUT2D eigenvalue weighted by Crippen LogP contribution is -2.19. The van der Waals surface area contributed by atoms with Crippen molar-refractivity contribution in [3.8, 4) is 17.4 Å². The van der Waals surface area contributed by atoms with Crippen LogP contribution in [0.15, 0.2) is 39.7 Å². The molecule has 0 aliphatic rings. The molecule has 26 heavy (non-hydrogen) atoms. The Morgan fingerprint density at radius 2 is 2.27 bits per heavy atom. The summed E-state index contributed by atoms with van der Waals surface area (Å²) in [5.41, 5.74) is 0.840. The van der Waals surface area contributed by atoms with Gasteiger partial charge < -0.3 is 9.73 Å². The van der Waals surface area contributed by atoms with Gasteiger partial charge in [-0.05, 0) is 25.0 Å². The number of halogens is 1. The lowest BCUT2D eigenvalue weighted by atomic mass is 10.3. The third-order valence-corrected chi connectivity index (χ3v) is 3.90. The number of amides is 1. The van der Waals surface area contributed by atoms with Crippen molar-refractivity contribution < 1.29 is 9.21 Å². The minimum absolute atomic E-state index is 0.202. The summed E-state index contributed by atoms with van der Waals surface area (Å²) in [6, 6.07) is 6.59. The highest BCUT2D eigenvalue weighted by atomic mass is 35.5. The van der Waals surface area contributed by atoms with Crippen LogP contribution in [0.1, 0.15) is 25.5 Å². The van der Waals surface area contributed by atoms with Crippen LogP contribution in [0.2, 0.25) is 0 Å². The number of alkyl halides is 1. The van der Waals surface area contributed by atoms with Crippen LogP contribution < -0.4 is 10.9 Å². The van der Waals surface area contributed by atoms with Gasteiger partial charge in [-0.25, -0.2) is 4.98 Å². The zero-order valence-corrected chi connectivity index (χ0v) is 14.9. The maximum Gasteiger partial charge on any atom is 0.252 e. The highest BCUT2D eigenvalue weighted by Crippen LogP contribution is 2.24. The fourth-order valence-electron chi connectivity index (χ4n) is 2.38. The number of nitrogens with zero attached hydrogens (tertiary/aromatic N) is 3. The number of H-pyrrole nitrogens is 1. The number of rotatable bonds is 7. The molecule has 0 atom stereocenters. The van der Waals surface area contributed by atoms with Gasteiger partial charge in [0.1, 0.15) is 11.5 Å². The molecule has 0 saturated carbocycles. The molecule has 0 aromatic carbocycles. The summed E-state index contributed by atoms with van der Waals surface area (Å²) in [5, 5.41) is 7.20. The van der Waals surface area contributed by atoms with Crippen LogP contribution >= 0.6 is 11.6 Å². The summed E-state index contributed by atoms with van der Waals surface area (Å²) < 4.78 is 6.75. The maximum atomic E-state index is 12.1. The SMILES string of the molecule is CCc1cc(=O)[nH]c(-n2nc(-c3ccco3)cc2NC(=O)CCCCl)n1. The van der Waals surface area contributed by atoms with Gasteiger partial charge >= 0.3 is 0 Å². The zero-order chi connectivity index (χ0) is 18.5. The van der Waals surface area contributed by atoms with Crippen molar-refractivity contribution in [3.05, 3.63) is 46.6 Å². The van der Waals surface area contributed by atoms with E-state index in [1.54, 1.807) is 18.2 Å². The van der Waals surface area contributed by atoms with Gasteiger partial charge in [-0.15, -0.1) is 11.6 Å². The second-order valence-corrected chi connectivity index (χ2v) is 5.94. The van der Waals surface area contributed by atoms with E-state index in [0.717, 1.165) is 0 Å². The predicted molar refractivity (Wildman–Crippen MR) is 97.6 cm³/mol. The molecule has 0 unspecified atom stereocenters. The fourth-order valence-corrected chi connectivity index (χ4v) is 2.52. The molecule has 3 heterocycles. The molecule has 3 aromatic rings. The standard InChI is InChI=1S/C17H18ClN5O3/c1-2-11-9-16(25)21-17(19-11)23-14(20-15(24)6-3-7-18)10-12(22-23)13-5-4-8-26-13/h4-5,8-10H,2-3,6-7H2,1H3,(H,20,24)(H,19,21,25). The molecule has 0 bridgehead atoms. The summed E-state index contributed by atoms with van der Waals surface area (Å²) in [4.78, 5) is 31.0. The quantitative estimate of drug-likeness (QED) is 0.617. The van der Waals surface area contributed by atoms with Gasteiger partial charge in [-0.3, -0.25) is 14.6 Å². The number of hydrogen-bond donors (Lipinski definition) is 2. The van der Waals surface area contributed by atoms with E-state index >= 15 is 0 Å². The largest absolute Gasteiger partial charge is 0.463 e. The Bertz CT molecular complexity index is 946. The van der Waals surface area contributed by atoms with Gasteiger partial charge in [0.15, 0.2) is 5.76 Å². The van der Waals surface area contributed by atoms with E-state index < -0.39 is 0 Å². The van der Waals surface area contributed by atoms with Gasteiger partial charge in [0.2, 0.25) is 11.9 Å². The fraction of sp³-hybridized carbons (Fsp3) is 0.294. The Balaban J connectivity index is 2.03. The molecule has 3 rings (SSSR count). The van der Waals surface area contributed by atoms with Gasteiger partial charge in [-0.2, -0.15) is 9.78 Å². The summed E-state index contributed by atoms with van der Waals surface area (Å²) in [7, 11) is 0. The minimum Gasteiger partial charge on any atom is -0.463 e. The lowest BCUT2D eigenvalue weighted by Gasteiger charge is -2.08. The average molecular weight is 376 g/mol. The molecule has 0 saturated heterocycles. The Labute approximate surface area is 154 Å². The molecule has 0 aliphatic carbocycles. The van der Waals surface area contributed by atoms with Crippen LogP contribution in [0.25, 0.3) is 17.4 Å². The van der Waals surface area contributed by atoms with Crippen LogP contribution in [-0.4, -0.2) is 31.5 Å². The first-order chi connectivity index (χ1) is 12.6. The van der Waals surface area contributed by atoms with E-state index in [2.05, 4.69) is 20.4 Å². The summed E-state index contributed by atoms with van der Waals surface area (Å²) in [6.07, 6.45) is 2.97. The van der Waals surface area contributed by atoms with Gasteiger partial charge in [0, 0.05) is 30.1 Å². The molecule has 0 radical (unpaired) electrons. The molecule has 1 amide bonds. The van der Waals surface area contributed by atoms with Crippen molar-refractivity contribution in [2.75, 3.05) is 11.2 Å². The predicted octanol–water partition coefficient (Wildman–Crippen LogP) is 2.74. The number of carbonyl (C=O) groups is 1. The van der Waals surface area contributed by atoms with Crippen molar-refractivity contribution in [3.63, 3.8) is 0 Å². The van der Waals surface area contributed by atoms with Gasteiger partial charge in [0.25, 0.3) is 5.56 Å². The van der Waals surface area contributed by atoms with E-state index in [4.69, 9.17) is 16.0 Å². The third kappa shape index (κ3) is 4.02. The Morgan fingerprint density at radius 3 is 2.96 bits per heavy atom. The summed E-state index contributed by atoms with van der Waals surface area (Å²) in [6.45, 7) is 1.90. The maximum absolute atomic E-state index is 12.1. The first-order valence-electron chi connectivity index (χ1n) is 8.21. The molecule has 0 aliphatic heterocycles. The van der Waals surface area contributed by atoms with E-state index in [0.29, 0.717) is 41.7 Å². The first-order valence-corrected chi connectivity index (χ1v) is 8.74. The first kappa shape index (κ1) is 17.9. The summed E-state index contributed by atoms with van der Waals surface area (Å²) in [5.74, 6) is 1.34. The average Bonchev–Trinajstić information content (AvgIpc) is 3.29. The van der Waals surface area contributed by atoms with Crippen LogP contribution in [0.3, 0.4) is 0 Å². The van der Waals surface area contributed by atoms with E-state index in [1.165, 1.54) is 17.0 Å². The van der Waals surface area contributed by atoms with Crippen LogP contribution in [-0.2, 0) is 11.2 Å². The highest BCUT2D eigenvalue weighted by Gasteiger charge is 2.17. The number of nitrogens with one attached hydrogen (secondary N) is 2. The van der Waals surface area contributed by atoms with Gasteiger partial charge in [-0.1, -0.05) is 6.92 Å².